The third-order valence-corrected chi connectivity index (χ3v) is 3.81. The Balaban J connectivity index is 1.62. The summed E-state index contributed by atoms with van der Waals surface area (Å²) in [6.45, 7) is 1.77. The maximum atomic E-state index is 12.5. The van der Waals surface area contributed by atoms with Crippen LogP contribution in [0, 0.1) is 0 Å². The van der Waals surface area contributed by atoms with Gasteiger partial charge < -0.3 is 24.8 Å². The van der Waals surface area contributed by atoms with E-state index in [0.717, 1.165) is 0 Å². The first-order valence-corrected chi connectivity index (χ1v) is 8.19. The van der Waals surface area contributed by atoms with Crippen molar-refractivity contribution in [2.45, 2.75) is 19.1 Å². The molecule has 2 aromatic carbocycles. The molecule has 2 amide bonds. The van der Waals surface area contributed by atoms with Crippen molar-refractivity contribution < 1.29 is 23.8 Å². The maximum absolute atomic E-state index is 12.5. The standard InChI is InChI=1S/C19H20N2O5/c1-12-18(26-16-6-4-3-5-15(16)25-12)19(23)21-14-9-7-13(8-10-14)20-17(22)11-24-2/h3-10,12,18H,11H2,1-2H3,(H,20,22)(H,21,23). The molecular weight excluding hydrogens is 336 g/mol. The van der Waals surface area contributed by atoms with Gasteiger partial charge in [0, 0.05) is 18.5 Å². The zero-order valence-corrected chi connectivity index (χ0v) is 14.5. The predicted octanol–water partition coefficient (Wildman–Crippen LogP) is 2.44. The van der Waals surface area contributed by atoms with Crippen LogP contribution in [0.25, 0.3) is 0 Å². The molecule has 2 atom stereocenters. The molecule has 136 valence electrons. The van der Waals surface area contributed by atoms with Crippen molar-refractivity contribution in [2.24, 2.45) is 0 Å². The second kappa shape index (κ2) is 7.88. The molecule has 0 aromatic heterocycles. The van der Waals surface area contributed by atoms with Crippen LogP contribution >= 0.6 is 0 Å². The molecule has 1 aliphatic rings. The lowest BCUT2D eigenvalue weighted by Gasteiger charge is -2.31. The van der Waals surface area contributed by atoms with Gasteiger partial charge in [-0.25, -0.2) is 0 Å². The highest BCUT2D eigenvalue weighted by Gasteiger charge is 2.34. The second-order valence-electron chi connectivity index (χ2n) is 5.86. The van der Waals surface area contributed by atoms with Crippen LogP contribution in [0.15, 0.2) is 48.5 Å². The first kappa shape index (κ1) is 17.8. The third-order valence-electron chi connectivity index (χ3n) is 3.81. The number of carbonyl (C=O) groups is 2. The molecule has 7 heteroatoms. The molecule has 0 aliphatic carbocycles. The number of anilines is 2. The molecule has 2 aromatic rings. The van der Waals surface area contributed by atoms with E-state index in [4.69, 9.17) is 14.2 Å². The quantitative estimate of drug-likeness (QED) is 0.859. The van der Waals surface area contributed by atoms with Gasteiger partial charge in [-0.05, 0) is 43.3 Å². The van der Waals surface area contributed by atoms with E-state index in [1.54, 1.807) is 43.3 Å². The van der Waals surface area contributed by atoms with Gasteiger partial charge in [0.1, 0.15) is 12.7 Å². The van der Waals surface area contributed by atoms with Crippen molar-refractivity contribution in [2.75, 3.05) is 24.4 Å². The minimum absolute atomic E-state index is 0.0170. The van der Waals surface area contributed by atoms with E-state index < -0.39 is 12.2 Å². The first-order chi connectivity index (χ1) is 12.6. The molecule has 3 rings (SSSR count). The molecule has 1 aliphatic heterocycles. The molecule has 0 fully saturated rings. The largest absolute Gasteiger partial charge is 0.482 e. The summed E-state index contributed by atoms with van der Waals surface area (Å²) in [4.78, 5) is 24.0. The minimum Gasteiger partial charge on any atom is -0.482 e. The zero-order chi connectivity index (χ0) is 18.5. The minimum atomic E-state index is -0.758. The van der Waals surface area contributed by atoms with E-state index in [-0.39, 0.29) is 18.4 Å². The number of methoxy groups -OCH3 is 1. The maximum Gasteiger partial charge on any atom is 0.269 e. The van der Waals surface area contributed by atoms with Gasteiger partial charge in [-0.15, -0.1) is 0 Å². The normalized spacial score (nSPS) is 18.1. The number of para-hydroxylation sites is 2. The summed E-state index contributed by atoms with van der Waals surface area (Å²) in [5.74, 6) is 0.620. The number of fused-ring (bicyclic) bond motifs is 1. The number of ether oxygens (including phenoxy) is 3. The van der Waals surface area contributed by atoms with Crippen LogP contribution in [0.1, 0.15) is 6.92 Å². The molecule has 0 bridgehead atoms. The van der Waals surface area contributed by atoms with Crippen LogP contribution in [0.3, 0.4) is 0 Å². The van der Waals surface area contributed by atoms with Crippen molar-refractivity contribution in [3.05, 3.63) is 48.5 Å². The fraction of sp³-hybridized carbons (Fsp3) is 0.263. The van der Waals surface area contributed by atoms with E-state index in [9.17, 15) is 9.59 Å². The van der Waals surface area contributed by atoms with Crippen LogP contribution in [0.5, 0.6) is 11.5 Å². The number of nitrogens with one attached hydrogen (secondary N) is 2. The zero-order valence-electron chi connectivity index (χ0n) is 14.5. The van der Waals surface area contributed by atoms with E-state index >= 15 is 0 Å². The molecule has 1 heterocycles. The topological polar surface area (TPSA) is 85.9 Å². The summed E-state index contributed by atoms with van der Waals surface area (Å²) in [5, 5.41) is 5.48. The molecule has 2 N–H and O–H groups in total. The average Bonchev–Trinajstić information content (AvgIpc) is 2.63. The van der Waals surface area contributed by atoms with Crippen molar-refractivity contribution >= 4 is 23.2 Å². The summed E-state index contributed by atoms with van der Waals surface area (Å²) in [6.07, 6.45) is -1.18. The summed E-state index contributed by atoms with van der Waals surface area (Å²) in [6, 6.07) is 14.0. The predicted molar refractivity (Wildman–Crippen MR) is 96.5 cm³/mol. The monoisotopic (exact) mass is 356 g/mol. The average molecular weight is 356 g/mol. The van der Waals surface area contributed by atoms with Crippen molar-refractivity contribution in [3.8, 4) is 11.5 Å². The Morgan fingerprint density at radius 1 is 0.962 bits per heavy atom. The molecule has 0 saturated heterocycles. The Labute approximate surface area is 151 Å². The van der Waals surface area contributed by atoms with Gasteiger partial charge in [0.05, 0.1) is 0 Å². The summed E-state index contributed by atoms with van der Waals surface area (Å²) in [7, 11) is 1.45. The van der Waals surface area contributed by atoms with E-state index in [2.05, 4.69) is 10.6 Å². The van der Waals surface area contributed by atoms with Crippen LogP contribution < -0.4 is 20.1 Å². The number of rotatable bonds is 5. The molecule has 26 heavy (non-hydrogen) atoms. The van der Waals surface area contributed by atoms with E-state index in [0.29, 0.717) is 22.9 Å². The van der Waals surface area contributed by atoms with Gasteiger partial charge >= 0.3 is 0 Å². The summed E-state index contributed by atoms with van der Waals surface area (Å²) >= 11 is 0. The number of amides is 2. The first-order valence-electron chi connectivity index (χ1n) is 8.19. The Kier molecular flexibility index (Phi) is 5.38. The van der Waals surface area contributed by atoms with Crippen LogP contribution in [0.2, 0.25) is 0 Å². The van der Waals surface area contributed by atoms with Crippen LogP contribution in [0.4, 0.5) is 11.4 Å². The lowest BCUT2D eigenvalue weighted by atomic mass is 10.1. The fourth-order valence-electron chi connectivity index (χ4n) is 2.58. The molecular formula is C19H20N2O5. The van der Waals surface area contributed by atoms with Crippen molar-refractivity contribution in [1.82, 2.24) is 0 Å². The second-order valence-corrected chi connectivity index (χ2v) is 5.86. The van der Waals surface area contributed by atoms with Crippen LogP contribution in [-0.2, 0) is 14.3 Å². The molecule has 0 spiro atoms. The Morgan fingerprint density at radius 2 is 1.54 bits per heavy atom. The van der Waals surface area contributed by atoms with Gasteiger partial charge in [-0.1, -0.05) is 12.1 Å². The Hall–Kier alpha value is -3.06. The van der Waals surface area contributed by atoms with Crippen LogP contribution in [-0.4, -0.2) is 37.7 Å². The molecule has 0 saturated carbocycles. The van der Waals surface area contributed by atoms with E-state index in [1.165, 1.54) is 7.11 Å². The number of benzene rings is 2. The number of hydrogen-bond acceptors (Lipinski definition) is 5. The number of carbonyl (C=O) groups excluding carboxylic acids is 2. The summed E-state index contributed by atoms with van der Waals surface area (Å²) in [5.41, 5.74) is 1.21. The Bertz CT molecular complexity index is 791. The van der Waals surface area contributed by atoms with E-state index in [1.807, 2.05) is 12.1 Å². The Morgan fingerprint density at radius 3 is 2.15 bits per heavy atom. The SMILES string of the molecule is COCC(=O)Nc1ccc(NC(=O)C2Oc3ccccc3OC2C)cc1. The third kappa shape index (κ3) is 4.12. The highest BCUT2D eigenvalue weighted by molar-refractivity contribution is 5.96. The lowest BCUT2D eigenvalue weighted by molar-refractivity contribution is -0.128. The number of hydrogen-bond donors (Lipinski definition) is 2. The molecule has 0 radical (unpaired) electrons. The van der Waals surface area contributed by atoms with Crippen molar-refractivity contribution in [3.63, 3.8) is 0 Å². The van der Waals surface area contributed by atoms with Crippen molar-refractivity contribution in [1.29, 1.82) is 0 Å². The van der Waals surface area contributed by atoms with Gasteiger partial charge in [0.25, 0.3) is 5.91 Å². The lowest BCUT2D eigenvalue weighted by Crippen LogP contribution is -2.46. The van der Waals surface area contributed by atoms with Gasteiger partial charge in [-0.2, -0.15) is 0 Å². The van der Waals surface area contributed by atoms with Gasteiger partial charge in [0.15, 0.2) is 11.5 Å². The van der Waals surface area contributed by atoms with Gasteiger partial charge in [-0.3, -0.25) is 9.59 Å². The molecule has 7 nitrogen and oxygen atoms in total. The fourth-order valence-corrected chi connectivity index (χ4v) is 2.58. The molecule has 2 unspecified atom stereocenters. The highest BCUT2D eigenvalue weighted by atomic mass is 16.6. The smallest absolute Gasteiger partial charge is 0.269 e. The summed E-state index contributed by atoms with van der Waals surface area (Å²) < 4.78 is 16.3. The highest BCUT2D eigenvalue weighted by Crippen LogP contribution is 2.33. The van der Waals surface area contributed by atoms with Gasteiger partial charge in [0.2, 0.25) is 12.0 Å².